The van der Waals surface area contributed by atoms with Crippen LogP contribution in [0.3, 0.4) is 0 Å². The number of aromatic nitrogens is 1. The van der Waals surface area contributed by atoms with Crippen molar-refractivity contribution in [2.24, 2.45) is 5.73 Å². The number of nitrogens with zero attached hydrogens (tertiary/aromatic N) is 1. The number of ether oxygens (including phenoxy) is 1. The molecule has 0 aliphatic carbocycles. The largest absolute Gasteiger partial charge is 0.496 e. The van der Waals surface area contributed by atoms with Gasteiger partial charge in [-0.1, -0.05) is 11.6 Å². The van der Waals surface area contributed by atoms with Crippen molar-refractivity contribution in [3.05, 3.63) is 34.5 Å². The minimum atomic E-state index is 0.707. The van der Waals surface area contributed by atoms with E-state index >= 15 is 0 Å². The van der Waals surface area contributed by atoms with E-state index in [1.54, 1.807) is 7.11 Å². The van der Waals surface area contributed by atoms with Crippen molar-refractivity contribution in [1.29, 1.82) is 0 Å². The van der Waals surface area contributed by atoms with Crippen LogP contribution in [0.4, 0.5) is 0 Å². The summed E-state index contributed by atoms with van der Waals surface area (Å²) in [5.41, 5.74) is 8.54. The van der Waals surface area contributed by atoms with Gasteiger partial charge in [-0.25, -0.2) is 0 Å². The second-order valence-electron chi connectivity index (χ2n) is 4.63. The van der Waals surface area contributed by atoms with Crippen LogP contribution in [0.5, 0.6) is 5.75 Å². The molecule has 1 aromatic carbocycles. The first-order valence-corrected chi connectivity index (χ1v) is 6.88. The van der Waals surface area contributed by atoms with Gasteiger partial charge in [-0.15, -0.1) is 0 Å². The number of hydrogen-bond acceptors (Lipinski definition) is 3. The van der Waals surface area contributed by atoms with Gasteiger partial charge in [0.1, 0.15) is 5.75 Å². The molecule has 0 unspecified atom stereocenters. The lowest BCUT2D eigenvalue weighted by Crippen LogP contribution is -2.01. The lowest BCUT2D eigenvalue weighted by molar-refractivity contribution is 0.410. The summed E-state index contributed by atoms with van der Waals surface area (Å²) in [6.45, 7) is 2.65. The number of methoxy groups -OCH3 is 1. The summed E-state index contributed by atoms with van der Waals surface area (Å²) in [7, 11) is 1.68. The molecule has 0 radical (unpaired) electrons. The van der Waals surface area contributed by atoms with Gasteiger partial charge >= 0.3 is 0 Å². The number of nitrogens with two attached hydrogens (primary N) is 1. The first-order chi connectivity index (χ1) is 9.17. The molecular weight excluding hydrogens is 260 g/mol. The molecule has 4 heteroatoms. The number of aryl methyl sites for hydroxylation is 2. The van der Waals surface area contributed by atoms with Crippen molar-refractivity contribution < 1.29 is 4.74 Å². The minimum Gasteiger partial charge on any atom is -0.496 e. The molecule has 0 amide bonds. The van der Waals surface area contributed by atoms with Crippen LogP contribution in [0.2, 0.25) is 5.02 Å². The molecule has 0 aliphatic heterocycles. The second kappa shape index (κ2) is 6.22. The number of halogens is 1. The highest BCUT2D eigenvalue weighted by molar-refractivity contribution is 6.35. The zero-order valence-electron chi connectivity index (χ0n) is 11.4. The topological polar surface area (TPSA) is 48.1 Å². The van der Waals surface area contributed by atoms with E-state index in [-0.39, 0.29) is 0 Å². The van der Waals surface area contributed by atoms with E-state index in [0.717, 1.165) is 52.2 Å². The Bertz CT molecular complexity index is 584. The molecule has 0 spiro atoms. The fourth-order valence-corrected chi connectivity index (χ4v) is 2.71. The zero-order valence-corrected chi connectivity index (χ0v) is 12.1. The molecular formula is C15H19ClN2O. The Balaban J connectivity index is 2.55. The van der Waals surface area contributed by atoms with Crippen molar-refractivity contribution in [1.82, 2.24) is 4.98 Å². The second-order valence-corrected chi connectivity index (χ2v) is 5.04. The maximum absolute atomic E-state index is 6.39. The minimum absolute atomic E-state index is 0.707. The van der Waals surface area contributed by atoms with Crippen LogP contribution in [0.15, 0.2) is 18.2 Å². The number of hydrogen-bond donors (Lipinski definition) is 1. The van der Waals surface area contributed by atoms with Crippen LogP contribution < -0.4 is 10.5 Å². The van der Waals surface area contributed by atoms with Gasteiger partial charge in [0.25, 0.3) is 0 Å². The van der Waals surface area contributed by atoms with Gasteiger partial charge in [0.05, 0.1) is 17.6 Å². The fourth-order valence-electron chi connectivity index (χ4n) is 2.34. The molecule has 0 saturated carbocycles. The van der Waals surface area contributed by atoms with E-state index < -0.39 is 0 Å². The Kier molecular flexibility index (Phi) is 4.61. The van der Waals surface area contributed by atoms with Crippen LogP contribution in [-0.4, -0.2) is 18.6 Å². The third-order valence-electron chi connectivity index (χ3n) is 3.22. The number of rotatable bonds is 5. The maximum atomic E-state index is 6.39. The van der Waals surface area contributed by atoms with Gasteiger partial charge in [-0.2, -0.15) is 0 Å². The van der Waals surface area contributed by atoms with Crippen molar-refractivity contribution >= 4 is 22.5 Å². The van der Waals surface area contributed by atoms with E-state index in [1.165, 1.54) is 0 Å². The molecule has 2 aromatic rings. The van der Waals surface area contributed by atoms with E-state index in [1.807, 2.05) is 25.1 Å². The monoisotopic (exact) mass is 278 g/mol. The summed E-state index contributed by atoms with van der Waals surface area (Å²) in [5.74, 6) is 0.872. The molecule has 0 bridgehead atoms. The highest BCUT2D eigenvalue weighted by atomic mass is 35.5. The van der Waals surface area contributed by atoms with Crippen LogP contribution >= 0.6 is 11.6 Å². The number of unbranched alkanes of at least 4 members (excludes halogenated alkanes) is 1. The predicted molar refractivity (Wildman–Crippen MR) is 80.0 cm³/mol. The summed E-state index contributed by atoms with van der Waals surface area (Å²) in [4.78, 5) is 4.54. The number of benzene rings is 1. The Morgan fingerprint density at radius 2 is 2.11 bits per heavy atom. The summed E-state index contributed by atoms with van der Waals surface area (Å²) in [5, 5.41) is 1.74. The molecule has 0 saturated heterocycles. The third-order valence-corrected chi connectivity index (χ3v) is 3.52. The van der Waals surface area contributed by atoms with Crippen molar-refractivity contribution in [3.63, 3.8) is 0 Å². The smallest absolute Gasteiger partial charge is 0.122 e. The summed E-state index contributed by atoms with van der Waals surface area (Å²) in [6, 6.07) is 5.82. The Morgan fingerprint density at radius 3 is 2.79 bits per heavy atom. The van der Waals surface area contributed by atoms with Gasteiger partial charge in [-0.3, -0.25) is 4.98 Å². The predicted octanol–water partition coefficient (Wildman–Crippen LogP) is 3.49. The molecule has 2 rings (SSSR count). The van der Waals surface area contributed by atoms with Crippen LogP contribution in [-0.2, 0) is 6.42 Å². The average Bonchev–Trinajstić information content (AvgIpc) is 2.38. The standard InChI is InChI=1S/C15H19ClN2O/c1-10-9-12(16)15-11(5-3-4-8-17)14(19-2)7-6-13(15)18-10/h6-7,9H,3-5,8,17H2,1-2H3. The molecule has 3 nitrogen and oxygen atoms in total. The van der Waals surface area contributed by atoms with Crippen LogP contribution in [0.1, 0.15) is 24.1 Å². The SMILES string of the molecule is COc1ccc2nc(C)cc(Cl)c2c1CCCCN. The van der Waals surface area contributed by atoms with E-state index in [9.17, 15) is 0 Å². The number of fused-ring (bicyclic) bond motifs is 1. The summed E-state index contributed by atoms with van der Waals surface area (Å²) >= 11 is 6.39. The molecule has 0 atom stereocenters. The Morgan fingerprint density at radius 1 is 1.32 bits per heavy atom. The highest BCUT2D eigenvalue weighted by Crippen LogP contribution is 2.33. The number of pyridine rings is 1. The molecule has 19 heavy (non-hydrogen) atoms. The normalized spacial score (nSPS) is 10.9. The summed E-state index contributed by atoms with van der Waals surface area (Å²) < 4.78 is 5.45. The Labute approximate surface area is 118 Å². The molecule has 1 heterocycles. The highest BCUT2D eigenvalue weighted by Gasteiger charge is 2.12. The molecule has 0 aliphatic rings. The van der Waals surface area contributed by atoms with Crippen LogP contribution in [0, 0.1) is 6.92 Å². The maximum Gasteiger partial charge on any atom is 0.122 e. The quantitative estimate of drug-likeness (QED) is 0.852. The fraction of sp³-hybridized carbons (Fsp3) is 0.400. The van der Waals surface area contributed by atoms with Gasteiger partial charge < -0.3 is 10.5 Å². The average molecular weight is 279 g/mol. The van der Waals surface area contributed by atoms with Gasteiger partial charge in [0.2, 0.25) is 0 Å². The van der Waals surface area contributed by atoms with Crippen molar-refractivity contribution in [2.45, 2.75) is 26.2 Å². The lowest BCUT2D eigenvalue weighted by Gasteiger charge is -2.13. The lowest BCUT2D eigenvalue weighted by atomic mass is 10.0. The van der Waals surface area contributed by atoms with E-state index in [0.29, 0.717) is 6.54 Å². The molecule has 1 aromatic heterocycles. The Hall–Kier alpha value is -1.32. The van der Waals surface area contributed by atoms with Crippen molar-refractivity contribution in [2.75, 3.05) is 13.7 Å². The van der Waals surface area contributed by atoms with Gasteiger partial charge in [0, 0.05) is 16.6 Å². The van der Waals surface area contributed by atoms with Crippen molar-refractivity contribution in [3.8, 4) is 5.75 Å². The zero-order chi connectivity index (χ0) is 13.8. The molecule has 102 valence electrons. The van der Waals surface area contributed by atoms with E-state index in [4.69, 9.17) is 22.1 Å². The third kappa shape index (κ3) is 2.99. The van der Waals surface area contributed by atoms with Gasteiger partial charge in [-0.05, 0) is 50.9 Å². The first-order valence-electron chi connectivity index (χ1n) is 6.50. The molecule has 0 fully saturated rings. The van der Waals surface area contributed by atoms with Crippen LogP contribution in [0.25, 0.3) is 10.9 Å². The summed E-state index contributed by atoms with van der Waals surface area (Å²) in [6.07, 6.45) is 2.93. The first kappa shape index (κ1) is 14.1. The molecule has 2 N–H and O–H groups in total. The van der Waals surface area contributed by atoms with E-state index in [2.05, 4.69) is 4.98 Å². The van der Waals surface area contributed by atoms with Gasteiger partial charge in [0.15, 0.2) is 0 Å².